The van der Waals surface area contributed by atoms with Gasteiger partial charge in [-0.2, -0.15) is 0 Å². The van der Waals surface area contributed by atoms with Crippen LogP contribution in [0.3, 0.4) is 0 Å². The van der Waals surface area contributed by atoms with Crippen LogP contribution >= 0.6 is 11.6 Å². The average molecular weight is 351 g/mol. The number of amides is 2. The summed E-state index contributed by atoms with van der Waals surface area (Å²) in [5.41, 5.74) is 1.64. The van der Waals surface area contributed by atoms with E-state index in [1.54, 1.807) is 11.0 Å². The SMILES string of the molecule is CC(=O)N(CCC(=O)NC1CCCCCC1)c1cccc(Cl)c1C. The van der Waals surface area contributed by atoms with Crippen LogP contribution in [0.5, 0.6) is 0 Å². The third-order valence-corrected chi connectivity index (χ3v) is 5.10. The Morgan fingerprint density at radius 3 is 2.50 bits per heavy atom. The highest BCUT2D eigenvalue weighted by Crippen LogP contribution is 2.27. The Bertz CT molecular complexity index is 581. The molecule has 1 saturated carbocycles. The third-order valence-electron chi connectivity index (χ3n) is 4.69. The number of nitrogens with zero attached hydrogens (tertiary/aromatic N) is 1. The van der Waals surface area contributed by atoms with E-state index in [9.17, 15) is 9.59 Å². The summed E-state index contributed by atoms with van der Waals surface area (Å²) in [4.78, 5) is 25.9. The van der Waals surface area contributed by atoms with E-state index >= 15 is 0 Å². The Balaban J connectivity index is 1.95. The van der Waals surface area contributed by atoms with E-state index < -0.39 is 0 Å². The second-order valence-electron chi connectivity index (χ2n) is 6.56. The third kappa shape index (κ3) is 5.23. The van der Waals surface area contributed by atoms with Crippen LogP contribution in [0, 0.1) is 6.92 Å². The van der Waals surface area contributed by atoms with Gasteiger partial charge < -0.3 is 10.2 Å². The van der Waals surface area contributed by atoms with Crippen LogP contribution in [0.4, 0.5) is 5.69 Å². The lowest BCUT2D eigenvalue weighted by atomic mass is 10.1. The molecule has 1 aromatic carbocycles. The highest BCUT2D eigenvalue weighted by molar-refractivity contribution is 6.31. The molecule has 0 aromatic heterocycles. The van der Waals surface area contributed by atoms with Gasteiger partial charge in [-0.3, -0.25) is 9.59 Å². The van der Waals surface area contributed by atoms with E-state index in [-0.39, 0.29) is 11.8 Å². The molecule has 1 aromatic rings. The summed E-state index contributed by atoms with van der Waals surface area (Å²) in [5, 5.41) is 3.75. The highest BCUT2D eigenvalue weighted by Gasteiger charge is 2.18. The van der Waals surface area contributed by atoms with E-state index in [0.717, 1.165) is 24.1 Å². The molecule has 5 heteroatoms. The molecule has 1 aliphatic carbocycles. The van der Waals surface area contributed by atoms with Crippen molar-refractivity contribution in [3.05, 3.63) is 28.8 Å². The molecule has 2 amide bonds. The maximum atomic E-state index is 12.3. The van der Waals surface area contributed by atoms with E-state index in [4.69, 9.17) is 11.6 Å². The summed E-state index contributed by atoms with van der Waals surface area (Å²) >= 11 is 6.15. The fraction of sp³-hybridized carbons (Fsp3) is 0.579. The minimum Gasteiger partial charge on any atom is -0.353 e. The van der Waals surface area contributed by atoms with Gasteiger partial charge in [0.25, 0.3) is 0 Å². The van der Waals surface area contributed by atoms with Gasteiger partial charge in [0.1, 0.15) is 0 Å². The van der Waals surface area contributed by atoms with Gasteiger partial charge in [0.05, 0.1) is 0 Å². The molecule has 0 aliphatic heterocycles. The van der Waals surface area contributed by atoms with Crippen LogP contribution < -0.4 is 10.2 Å². The van der Waals surface area contributed by atoms with Crippen molar-refractivity contribution in [2.24, 2.45) is 0 Å². The fourth-order valence-electron chi connectivity index (χ4n) is 3.27. The molecule has 2 rings (SSSR count). The number of hydrogen-bond donors (Lipinski definition) is 1. The number of halogens is 1. The molecule has 1 N–H and O–H groups in total. The number of hydrogen-bond acceptors (Lipinski definition) is 2. The van der Waals surface area contributed by atoms with Gasteiger partial charge in [-0.05, 0) is 37.5 Å². The molecule has 1 fully saturated rings. The molecule has 0 bridgehead atoms. The summed E-state index contributed by atoms with van der Waals surface area (Å²) in [6.45, 7) is 3.78. The Labute approximate surface area is 149 Å². The van der Waals surface area contributed by atoms with Crippen molar-refractivity contribution in [3.63, 3.8) is 0 Å². The molecular formula is C19H27ClN2O2. The Kier molecular flexibility index (Phi) is 7.10. The zero-order valence-electron chi connectivity index (χ0n) is 14.6. The van der Waals surface area contributed by atoms with Crippen molar-refractivity contribution in [1.82, 2.24) is 5.32 Å². The Morgan fingerprint density at radius 1 is 1.21 bits per heavy atom. The minimum absolute atomic E-state index is 0.0211. The van der Waals surface area contributed by atoms with Gasteiger partial charge in [-0.1, -0.05) is 43.4 Å². The number of rotatable bonds is 5. The molecule has 0 heterocycles. The van der Waals surface area contributed by atoms with Crippen molar-refractivity contribution < 1.29 is 9.59 Å². The first-order valence-corrected chi connectivity index (χ1v) is 9.19. The Hall–Kier alpha value is -1.55. The normalized spacial score (nSPS) is 15.6. The summed E-state index contributed by atoms with van der Waals surface area (Å²) in [7, 11) is 0. The number of benzene rings is 1. The molecule has 0 atom stereocenters. The molecule has 0 radical (unpaired) electrons. The second-order valence-corrected chi connectivity index (χ2v) is 6.97. The molecular weight excluding hydrogens is 324 g/mol. The highest BCUT2D eigenvalue weighted by atomic mass is 35.5. The van der Waals surface area contributed by atoms with E-state index in [1.165, 1.54) is 32.6 Å². The van der Waals surface area contributed by atoms with Crippen LogP contribution in [-0.4, -0.2) is 24.4 Å². The lowest BCUT2D eigenvalue weighted by molar-refractivity contribution is -0.121. The molecule has 132 valence electrons. The Morgan fingerprint density at radius 2 is 1.88 bits per heavy atom. The van der Waals surface area contributed by atoms with Gasteiger partial charge in [0.15, 0.2) is 0 Å². The van der Waals surface area contributed by atoms with E-state index in [1.807, 2.05) is 19.1 Å². The first-order valence-electron chi connectivity index (χ1n) is 8.81. The topological polar surface area (TPSA) is 49.4 Å². The van der Waals surface area contributed by atoms with E-state index in [2.05, 4.69) is 5.32 Å². The smallest absolute Gasteiger partial charge is 0.223 e. The van der Waals surface area contributed by atoms with Crippen molar-refractivity contribution in [1.29, 1.82) is 0 Å². The van der Waals surface area contributed by atoms with Crippen LogP contribution in [0.25, 0.3) is 0 Å². The van der Waals surface area contributed by atoms with Gasteiger partial charge >= 0.3 is 0 Å². The second kappa shape index (κ2) is 9.07. The van der Waals surface area contributed by atoms with Gasteiger partial charge in [0.2, 0.25) is 11.8 Å². The van der Waals surface area contributed by atoms with Gasteiger partial charge in [0, 0.05) is 36.6 Å². The predicted molar refractivity (Wildman–Crippen MR) is 98.5 cm³/mol. The largest absolute Gasteiger partial charge is 0.353 e. The molecule has 0 saturated heterocycles. The summed E-state index contributed by atoms with van der Waals surface area (Å²) in [6, 6.07) is 5.79. The number of carbonyl (C=O) groups excluding carboxylic acids is 2. The molecule has 0 unspecified atom stereocenters. The molecule has 0 spiro atoms. The first-order chi connectivity index (χ1) is 11.5. The van der Waals surface area contributed by atoms with Gasteiger partial charge in [-0.15, -0.1) is 0 Å². The molecule has 1 aliphatic rings. The monoisotopic (exact) mass is 350 g/mol. The van der Waals surface area contributed by atoms with Crippen molar-refractivity contribution in [3.8, 4) is 0 Å². The van der Waals surface area contributed by atoms with Crippen molar-refractivity contribution in [2.75, 3.05) is 11.4 Å². The van der Waals surface area contributed by atoms with Crippen LogP contribution in [0.15, 0.2) is 18.2 Å². The lowest BCUT2D eigenvalue weighted by Gasteiger charge is -2.24. The minimum atomic E-state index is -0.0809. The van der Waals surface area contributed by atoms with Crippen molar-refractivity contribution in [2.45, 2.75) is 64.8 Å². The first kappa shape index (κ1) is 18.8. The quantitative estimate of drug-likeness (QED) is 0.808. The zero-order valence-corrected chi connectivity index (χ0v) is 15.4. The fourth-order valence-corrected chi connectivity index (χ4v) is 3.44. The standard InChI is InChI=1S/C19H27ClN2O2/c1-14-17(20)10-7-11-18(14)22(15(2)23)13-12-19(24)21-16-8-5-3-4-6-9-16/h7,10-11,16H,3-6,8-9,12-13H2,1-2H3,(H,21,24). The molecule has 4 nitrogen and oxygen atoms in total. The van der Waals surface area contributed by atoms with Crippen molar-refractivity contribution >= 4 is 29.1 Å². The van der Waals surface area contributed by atoms with Gasteiger partial charge in [-0.25, -0.2) is 0 Å². The van der Waals surface area contributed by atoms with E-state index in [0.29, 0.717) is 24.0 Å². The number of anilines is 1. The zero-order chi connectivity index (χ0) is 17.5. The molecule has 24 heavy (non-hydrogen) atoms. The number of nitrogens with one attached hydrogen (secondary N) is 1. The number of carbonyl (C=O) groups is 2. The maximum Gasteiger partial charge on any atom is 0.223 e. The van der Waals surface area contributed by atoms with Crippen LogP contribution in [0.1, 0.15) is 57.4 Å². The summed E-state index contributed by atoms with van der Waals surface area (Å²) in [6.07, 6.45) is 7.34. The lowest BCUT2D eigenvalue weighted by Crippen LogP contribution is -2.38. The summed E-state index contributed by atoms with van der Waals surface area (Å²) < 4.78 is 0. The van der Waals surface area contributed by atoms with Crippen LogP contribution in [0.2, 0.25) is 5.02 Å². The average Bonchev–Trinajstić information content (AvgIpc) is 2.79. The summed E-state index contributed by atoms with van der Waals surface area (Å²) in [5.74, 6) is -0.0598. The predicted octanol–water partition coefficient (Wildman–Crippen LogP) is 4.23. The maximum absolute atomic E-state index is 12.3. The van der Waals surface area contributed by atoms with Crippen LogP contribution in [-0.2, 0) is 9.59 Å².